The topological polar surface area (TPSA) is 49.1 Å². The number of benzene rings is 2. The van der Waals surface area contributed by atoms with Crippen molar-refractivity contribution in [3.8, 4) is 5.75 Å². The van der Waals surface area contributed by atoms with Crippen molar-refractivity contribution in [3.05, 3.63) is 46.6 Å². The number of fused-ring (bicyclic) bond motifs is 2. The van der Waals surface area contributed by atoms with Gasteiger partial charge in [0.25, 0.3) is 0 Å². The highest BCUT2D eigenvalue weighted by atomic mass is 35.5. The van der Waals surface area contributed by atoms with Gasteiger partial charge in [-0.25, -0.2) is 4.98 Å². The Morgan fingerprint density at radius 3 is 2.72 bits per heavy atom. The molecule has 3 rings (SSSR count). The number of rotatable bonds is 1. The summed E-state index contributed by atoms with van der Waals surface area (Å²) >= 11 is 5.90. The first-order valence-corrected chi connectivity index (χ1v) is 5.73. The highest BCUT2D eigenvalue weighted by molar-refractivity contribution is 6.31. The van der Waals surface area contributed by atoms with E-state index >= 15 is 0 Å². The van der Waals surface area contributed by atoms with E-state index in [0.717, 1.165) is 4.73 Å². The molecule has 90 valence electrons. The number of hydrogen-bond donors (Lipinski definition) is 0. The Balaban J connectivity index is 2.44. The van der Waals surface area contributed by atoms with E-state index in [1.165, 1.54) is 0 Å². The van der Waals surface area contributed by atoms with E-state index in [1.807, 2.05) is 0 Å². The Kier molecular flexibility index (Phi) is 2.45. The van der Waals surface area contributed by atoms with Crippen LogP contribution in [0.2, 0.25) is 5.02 Å². The van der Waals surface area contributed by atoms with Crippen LogP contribution in [0, 0.1) is 5.21 Å². The quantitative estimate of drug-likeness (QED) is 0.384. The number of nitrogens with zero attached hydrogens (tertiary/aromatic N) is 2. The summed E-state index contributed by atoms with van der Waals surface area (Å²) in [6, 6.07) is 10.2. The highest BCUT2D eigenvalue weighted by Gasteiger charge is 2.13. The molecule has 5 heteroatoms. The number of halogens is 1. The molecular weight excluding hydrogens is 252 g/mol. The van der Waals surface area contributed by atoms with Crippen molar-refractivity contribution in [1.29, 1.82) is 0 Å². The molecule has 0 bridgehead atoms. The molecule has 0 N–H and O–H groups in total. The average Bonchev–Trinajstić information content (AvgIpc) is 2.38. The Hall–Kier alpha value is -2.07. The second-order valence-corrected chi connectivity index (χ2v) is 4.33. The van der Waals surface area contributed by atoms with Gasteiger partial charge in [-0.15, -0.1) is 0 Å². The van der Waals surface area contributed by atoms with Crippen molar-refractivity contribution in [2.75, 3.05) is 7.11 Å². The number of hydrogen-bond acceptors (Lipinski definition) is 3. The van der Waals surface area contributed by atoms with E-state index in [9.17, 15) is 5.21 Å². The molecule has 0 aliphatic rings. The predicted molar refractivity (Wildman–Crippen MR) is 69.8 cm³/mol. The lowest BCUT2D eigenvalue weighted by atomic mass is 10.2. The van der Waals surface area contributed by atoms with Crippen molar-refractivity contribution < 1.29 is 9.47 Å². The number of ether oxygens (including phenoxy) is 1. The van der Waals surface area contributed by atoms with Gasteiger partial charge < -0.3 is 9.94 Å². The summed E-state index contributed by atoms with van der Waals surface area (Å²) in [5.74, 6) is 0.627. The molecule has 4 nitrogen and oxygen atoms in total. The zero-order chi connectivity index (χ0) is 12.7. The second-order valence-electron chi connectivity index (χ2n) is 3.89. The smallest absolute Gasteiger partial charge is 0.246 e. The van der Waals surface area contributed by atoms with E-state index < -0.39 is 0 Å². The van der Waals surface area contributed by atoms with Crippen LogP contribution in [-0.2, 0) is 0 Å². The van der Waals surface area contributed by atoms with Gasteiger partial charge in [0, 0.05) is 11.1 Å². The molecule has 18 heavy (non-hydrogen) atoms. The molecule has 0 aliphatic heterocycles. The van der Waals surface area contributed by atoms with Crippen molar-refractivity contribution in [1.82, 2.24) is 4.98 Å². The minimum Gasteiger partial charge on any atom is -0.618 e. The SMILES string of the molecule is COc1ccc2nc3cc(Cl)ccc3[n+]([O-])c2c1. The Morgan fingerprint density at radius 1 is 1.11 bits per heavy atom. The highest BCUT2D eigenvalue weighted by Crippen LogP contribution is 2.21. The molecule has 0 fully saturated rings. The minimum absolute atomic E-state index is 0.476. The molecule has 1 aromatic heterocycles. The summed E-state index contributed by atoms with van der Waals surface area (Å²) in [7, 11) is 1.56. The van der Waals surface area contributed by atoms with Gasteiger partial charge in [-0.1, -0.05) is 11.6 Å². The predicted octanol–water partition coefficient (Wildman–Crippen LogP) is 2.68. The zero-order valence-electron chi connectivity index (χ0n) is 9.55. The van der Waals surface area contributed by atoms with Crippen LogP contribution in [0.5, 0.6) is 5.75 Å². The third kappa shape index (κ3) is 1.62. The normalized spacial score (nSPS) is 11.0. The molecule has 0 radical (unpaired) electrons. The number of methoxy groups -OCH3 is 1. The second kappa shape index (κ2) is 3.99. The van der Waals surface area contributed by atoms with Crippen LogP contribution >= 0.6 is 11.6 Å². The van der Waals surface area contributed by atoms with Crippen molar-refractivity contribution >= 4 is 33.7 Å². The fourth-order valence-electron chi connectivity index (χ4n) is 1.90. The summed E-state index contributed by atoms with van der Waals surface area (Å²) < 4.78 is 5.95. The Morgan fingerprint density at radius 2 is 1.94 bits per heavy atom. The first-order chi connectivity index (χ1) is 8.69. The van der Waals surface area contributed by atoms with Gasteiger partial charge >= 0.3 is 0 Å². The van der Waals surface area contributed by atoms with Gasteiger partial charge in [-0.05, 0) is 24.3 Å². The van der Waals surface area contributed by atoms with Crippen LogP contribution < -0.4 is 9.47 Å². The first kappa shape index (κ1) is 11.0. The third-order valence-corrected chi connectivity index (χ3v) is 3.03. The van der Waals surface area contributed by atoms with Gasteiger partial charge in [0.05, 0.1) is 13.2 Å². The lowest BCUT2D eigenvalue weighted by Crippen LogP contribution is -2.28. The van der Waals surface area contributed by atoms with Crippen molar-refractivity contribution in [3.63, 3.8) is 0 Å². The molecule has 2 aromatic carbocycles. The van der Waals surface area contributed by atoms with Gasteiger partial charge in [0.15, 0.2) is 0 Å². The van der Waals surface area contributed by atoms with Crippen LogP contribution in [-0.4, -0.2) is 12.1 Å². The molecule has 3 aromatic rings. The van der Waals surface area contributed by atoms with Gasteiger partial charge in [0.2, 0.25) is 11.0 Å². The lowest BCUT2D eigenvalue weighted by molar-refractivity contribution is -0.548. The van der Waals surface area contributed by atoms with Gasteiger partial charge in [-0.2, -0.15) is 4.73 Å². The van der Waals surface area contributed by atoms with Gasteiger partial charge in [0.1, 0.15) is 16.8 Å². The van der Waals surface area contributed by atoms with E-state index in [1.54, 1.807) is 43.5 Å². The standard InChI is InChI=1S/C13H9ClN2O2/c1-18-9-3-4-10-13(7-9)16(17)12-5-2-8(14)6-11(12)15-10/h2-7H,1H3. The molecule has 0 saturated carbocycles. The Bertz CT molecular complexity index is 759. The molecule has 0 atom stereocenters. The summed E-state index contributed by atoms with van der Waals surface area (Å²) in [5.41, 5.74) is 2.15. The molecule has 0 spiro atoms. The van der Waals surface area contributed by atoms with Crippen molar-refractivity contribution in [2.45, 2.75) is 0 Å². The maximum atomic E-state index is 12.2. The van der Waals surface area contributed by atoms with Crippen LogP contribution in [0.3, 0.4) is 0 Å². The van der Waals surface area contributed by atoms with Gasteiger partial charge in [-0.3, -0.25) is 0 Å². The largest absolute Gasteiger partial charge is 0.618 e. The zero-order valence-corrected chi connectivity index (χ0v) is 10.3. The van der Waals surface area contributed by atoms with E-state index in [2.05, 4.69) is 4.98 Å². The summed E-state index contributed by atoms with van der Waals surface area (Å²) in [6.07, 6.45) is 0. The Labute approximate surface area is 108 Å². The molecule has 0 aliphatic carbocycles. The van der Waals surface area contributed by atoms with E-state index in [-0.39, 0.29) is 0 Å². The van der Waals surface area contributed by atoms with Crippen molar-refractivity contribution in [2.24, 2.45) is 0 Å². The fourth-order valence-corrected chi connectivity index (χ4v) is 2.07. The maximum absolute atomic E-state index is 12.2. The third-order valence-electron chi connectivity index (χ3n) is 2.80. The van der Waals surface area contributed by atoms with Crippen LogP contribution in [0.1, 0.15) is 0 Å². The lowest BCUT2D eigenvalue weighted by Gasteiger charge is -2.06. The molecule has 0 unspecified atom stereocenters. The maximum Gasteiger partial charge on any atom is 0.246 e. The van der Waals surface area contributed by atoms with E-state index in [4.69, 9.17) is 16.3 Å². The summed E-state index contributed by atoms with van der Waals surface area (Å²) in [6.45, 7) is 0. The average molecular weight is 261 g/mol. The monoisotopic (exact) mass is 260 g/mol. The number of aromatic nitrogens is 2. The van der Waals surface area contributed by atoms with Crippen LogP contribution in [0.25, 0.3) is 22.1 Å². The van der Waals surface area contributed by atoms with E-state index in [0.29, 0.717) is 32.8 Å². The molecular formula is C13H9ClN2O2. The minimum atomic E-state index is 0.476. The summed E-state index contributed by atoms with van der Waals surface area (Å²) in [4.78, 5) is 4.41. The molecule has 1 heterocycles. The summed E-state index contributed by atoms with van der Waals surface area (Å²) in [5, 5.41) is 12.8. The van der Waals surface area contributed by atoms with Crippen LogP contribution in [0.4, 0.5) is 0 Å². The van der Waals surface area contributed by atoms with Crippen LogP contribution in [0.15, 0.2) is 36.4 Å². The fraction of sp³-hybridized carbons (Fsp3) is 0.0769. The molecule has 0 saturated heterocycles. The molecule has 0 amide bonds. The first-order valence-electron chi connectivity index (χ1n) is 5.35.